The summed E-state index contributed by atoms with van der Waals surface area (Å²) in [6.07, 6.45) is 0.911. The van der Waals surface area contributed by atoms with Crippen molar-refractivity contribution in [1.82, 2.24) is 0 Å². The first-order valence-corrected chi connectivity index (χ1v) is 11.9. The summed E-state index contributed by atoms with van der Waals surface area (Å²) in [4.78, 5) is 26.0. The molecule has 0 saturated carbocycles. The third-order valence-electron chi connectivity index (χ3n) is 4.62. The molecule has 3 rings (SSSR count). The number of thiophene rings is 1. The number of benzene rings is 2. The minimum absolute atomic E-state index is 0.185. The Hall–Kier alpha value is -2.16. The molecule has 0 atom stereocenters. The molecule has 31 heavy (non-hydrogen) atoms. The lowest BCUT2D eigenvalue weighted by molar-refractivity contribution is -0.118. The second-order valence-corrected chi connectivity index (χ2v) is 9.69. The number of hydrogen-bond acceptors (Lipinski definition) is 5. The van der Waals surface area contributed by atoms with E-state index >= 15 is 0 Å². The molecule has 0 radical (unpaired) electrons. The molecule has 162 valence electrons. The zero-order valence-electron chi connectivity index (χ0n) is 17.3. The van der Waals surface area contributed by atoms with E-state index in [4.69, 9.17) is 9.47 Å². The van der Waals surface area contributed by atoms with Gasteiger partial charge in [0.15, 0.2) is 6.61 Å². The van der Waals surface area contributed by atoms with E-state index in [9.17, 15) is 9.59 Å². The predicted octanol–water partition coefficient (Wildman–Crippen LogP) is 6.62. The maximum atomic E-state index is 12.6. The number of ether oxygens (including phenoxy) is 2. The number of hydrogen-bond donors (Lipinski definition) is 1. The highest BCUT2D eigenvalue weighted by Gasteiger charge is 2.25. The summed E-state index contributed by atoms with van der Waals surface area (Å²) in [6, 6.07) is 13.4. The summed E-state index contributed by atoms with van der Waals surface area (Å²) in [6.45, 7) is 3.79. The van der Waals surface area contributed by atoms with E-state index in [1.807, 2.05) is 49.4 Å². The van der Waals surface area contributed by atoms with Crippen LogP contribution >= 0.6 is 43.2 Å². The number of anilines is 1. The Balaban J connectivity index is 1.82. The van der Waals surface area contributed by atoms with Gasteiger partial charge in [0.2, 0.25) is 0 Å². The third-order valence-corrected chi connectivity index (χ3v) is 6.79. The largest absolute Gasteiger partial charge is 0.483 e. The van der Waals surface area contributed by atoms with E-state index in [1.54, 1.807) is 0 Å². The maximum absolute atomic E-state index is 12.6. The Morgan fingerprint density at radius 2 is 1.81 bits per heavy atom. The van der Waals surface area contributed by atoms with Crippen molar-refractivity contribution in [3.05, 3.63) is 67.4 Å². The molecule has 0 spiro atoms. The Kier molecular flexibility index (Phi) is 7.91. The molecule has 0 saturated heterocycles. The highest BCUT2D eigenvalue weighted by atomic mass is 79.9. The van der Waals surface area contributed by atoms with Crippen LogP contribution in [0.15, 0.2) is 51.4 Å². The predicted molar refractivity (Wildman–Crippen MR) is 131 cm³/mol. The Labute approximate surface area is 202 Å². The molecule has 0 unspecified atom stereocenters. The maximum Gasteiger partial charge on any atom is 0.341 e. The van der Waals surface area contributed by atoms with Gasteiger partial charge in [-0.1, -0.05) is 41.1 Å². The lowest BCUT2D eigenvalue weighted by Crippen LogP contribution is -2.21. The van der Waals surface area contributed by atoms with Crippen LogP contribution in [0.1, 0.15) is 27.7 Å². The van der Waals surface area contributed by atoms with Crippen molar-refractivity contribution in [3.8, 4) is 16.9 Å². The molecule has 5 nitrogen and oxygen atoms in total. The van der Waals surface area contributed by atoms with E-state index in [1.165, 1.54) is 24.0 Å². The lowest BCUT2D eigenvalue weighted by atomic mass is 10.0. The van der Waals surface area contributed by atoms with Crippen molar-refractivity contribution in [2.75, 3.05) is 19.0 Å². The molecule has 1 aromatic heterocycles. The first kappa shape index (κ1) is 23.5. The molecular formula is C23H21Br2NO4S. The third kappa shape index (κ3) is 5.56. The minimum atomic E-state index is -0.503. The van der Waals surface area contributed by atoms with Crippen molar-refractivity contribution >= 4 is 60.1 Å². The number of halogens is 2. The number of carbonyl (C=O) groups is 2. The SMILES string of the molecule is CCc1ccc(OCC(=O)Nc2sc(C)c(-c3ccc(Br)cc3)c2C(=O)OC)c(Br)c1. The molecule has 1 N–H and O–H groups in total. The summed E-state index contributed by atoms with van der Waals surface area (Å²) < 4.78 is 12.4. The smallest absolute Gasteiger partial charge is 0.341 e. The van der Waals surface area contributed by atoms with Gasteiger partial charge < -0.3 is 14.8 Å². The Bertz CT molecular complexity index is 1110. The van der Waals surface area contributed by atoms with Crippen LogP contribution in [-0.4, -0.2) is 25.6 Å². The van der Waals surface area contributed by atoms with Gasteiger partial charge in [-0.2, -0.15) is 0 Å². The molecule has 8 heteroatoms. The summed E-state index contributed by atoms with van der Waals surface area (Å²) in [5, 5.41) is 3.25. The molecular weight excluding hydrogens is 546 g/mol. The molecule has 1 amide bonds. The molecule has 0 aliphatic rings. The fraction of sp³-hybridized carbons (Fsp3) is 0.217. The zero-order chi connectivity index (χ0) is 22.5. The highest BCUT2D eigenvalue weighted by molar-refractivity contribution is 9.10. The molecule has 0 fully saturated rings. The van der Waals surface area contributed by atoms with Gasteiger partial charge in [0.25, 0.3) is 5.91 Å². The molecule has 0 aliphatic heterocycles. The van der Waals surface area contributed by atoms with Gasteiger partial charge in [-0.25, -0.2) is 4.79 Å². The van der Waals surface area contributed by atoms with Crippen LogP contribution in [0.4, 0.5) is 5.00 Å². The summed E-state index contributed by atoms with van der Waals surface area (Å²) >= 11 is 8.22. The van der Waals surface area contributed by atoms with Crippen molar-refractivity contribution in [2.24, 2.45) is 0 Å². The number of carbonyl (C=O) groups excluding carboxylic acids is 2. The van der Waals surface area contributed by atoms with Gasteiger partial charge in [0, 0.05) is 14.9 Å². The second kappa shape index (κ2) is 10.4. The fourth-order valence-corrected chi connectivity index (χ4v) is 4.97. The monoisotopic (exact) mass is 565 g/mol. The minimum Gasteiger partial charge on any atom is -0.483 e. The number of esters is 1. The van der Waals surface area contributed by atoms with Crippen LogP contribution in [0, 0.1) is 6.92 Å². The average Bonchev–Trinajstić information content (AvgIpc) is 3.08. The van der Waals surface area contributed by atoms with Crippen LogP contribution in [0.25, 0.3) is 11.1 Å². The van der Waals surface area contributed by atoms with Gasteiger partial charge in [-0.3, -0.25) is 4.79 Å². The normalized spacial score (nSPS) is 10.6. The summed E-state index contributed by atoms with van der Waals surface area (Å²) in [5.74, 6) is -0.282. The zero-order valence-corrected chi connectivity index (χ0v) is 21.2. The number of nitrogens with one attached hydrogen (secondary N) is 1. The van der Waals surface area contributed by atoms with Crippen LogP contribution in [0.2, 0.25) is 0 Å². The van der Waals surface area contributed by atoms with Crippen LogP contribution in [-0.2, 0) is 16.0 Å². The van der Waals surface area contributed by atoms with Gasteiger partial charge >= 0.3 is 5.97 Å². The standard InChI is InChI=1S/C23H21Br2NO4S/c1-4-14-5-10-18(17(25)11-14)30-12-19(27)26-22-21(23(28)29-3)20(13(2)31-22)15-6-8-16(24)9-7-15/h5-11H,4,12H2,1-3H3,(H,26,27). The van der Waals surface area contributed by atoms with E-state index in [2.05, 4.69) is 44.1 Å². The van der Waals surface area contributed by atoms with Gasteiger partial charge in [-0.05, 0) is 64.7 Å². The average molecular weight is 567 g/mol. The summed E-state index contributed by atoms with van der Waals surface area (Å²) in [7, 11) is 1.33. The van der Waals surface area contributed by atoms with Crippen molar-refractivity contribution < 1.29 is 19.1 Å². The van der Waals surface area contributed by atoms with Crippen LogP contribution in [0.3, 0.4) is 0 Å². The van der Waals surface area contributed by atoms with Crippen molar-refractivity contribution in [3.63, 3.8) is 0 Å². The highest BCUT2D eigenvalue weighted by Crippen LogP contribution is 2.40. The summed E-state index contributed by atoms with van der Waals surface area (Å²) in [5.41, 5.74) is 3.13. The van der Waals surface area contributed by atoms with Gasteiger partial charge in [0.05, 0.1) is 11.6 Å². The first-order valence-electron chi connectivity index (χ1n) is 9.52. The number of rotatable bonds is 7. The topological polar surface area (TPSA) is 64.6 Å². The van der Waals surface area contributed by atoms with Crippen molar-refractivity contribution in [1.29, 1.82) is 0 Å². The lowest BCUT2D eigenvalue weighted by Gasteiger charge is -2.10. The second-order valence-electron chi connectivity index (χ2n) is 6.69. The molecule has 0 aliphatic carbocycles. The van der Waals surface area contributed by atoms with Gasteiger partial charge in [0.1, 0.15) is 16.3 Å². The van der Waals surface area contributed by atoms with E-state index in [0.29, 0.717) is 16.3 Å². The van der Waals surface area contributed by atoms with E-state index in [-0.39, 0.29) is 12.5 Å². The fourth-order valence-electron chi connectivity index (χ4n) is 3.08. The molecule has 1 heterocycles. The van der Waals surface area contributed by atoms with Crippen molar-refractivity contribution in [2.45, 2.75) is 20.3 Å². The molecule has 2 aromatic carbocycles. The number of aryl methyl sites for hydroxylation is 2. The molecule has 0 bridgehead atoms. The van der Waals surface area contributed by atoms with Gasteiger partial charge in [-0.15, -0.1) is 11.3 Å². The number of amides is 1. The Morgan fingerprint density at radius 1 is 1.10 bits per heavy atom. The van der Waals surface area contributed by atoms with E-state index in [0.717, 1.165) is 31.4 Å². The quantitative estimate of drug-likeness (QED) is 0.327. The molecule has 3 aromatic rings. The number of methoxy groups -OCH3 is 1. The first-order chi connectivity index (χ1) is 14.8. The van der Waals surface area contributed by atoms with Crippen LogP contribution < -0.4 is 10.1 Å². The van der Waals surface area contributed by atoms with E-state index < -0.39 is 5.97 Å². The Morgan fingerprint density at radius 3 is 2.42 bits per heavy atom. The van der Waals surface area contributed by atoms with Crippen LogP contribution in [0.5, 0.6) is 5.75 Å².